The molecule has 12 heavy (non-hydrogen) atoms. The molecule has 0 fully saturated rings. The zero-order valence-electron chi connectivity index (χ0n) is 5.98. The summed E-state index contributed by atoms with van der Waals surface area (Å²) in [5, 5.41) is 25.9. The molecule has 6 heteroatoms. The van der Waals surface area contributed by atoms with Crippen molar-refractivity contribution >= 4 is 12.6 Å². The van der Waals surface area contributed by atoms with Crippen LogP contribution < -0.4 is 11.0 Å². The zero-order valence-corrected chi connectivity index (χ0v) is 5.98. The molecule has 60 valence electrons. The third kappa shape index (κ3) is 1.37. The van der Waals surface area contributed by atoms with Gasteiger partial charge in [-0.15, -0.1) is 0 Å². The van der Waals surface area contributed by atoms with Crippen molar-refractivity contribution in [3.8, 4) is 6.07 Å². The summed E-state index contributed by atoms with van der Waals surface area (Å²) in [5.41, 5.74) is -1.02. The molecule has 1 aromatic rings. The van der Waals surface area contributed by atoms with Crippen molar-refractivity contribution in [3.05, 3.63) is 28.2 Å². The summed E-state index contributed by atoms with van der Waals surface area (Å²) in [5.74, 6) is 0. The Bertz CT molecular complexity index is 379. The monoisotopic (exact) mass is 164 g/mol. The standard InChI is InChI=1S/C6H5BN2O3/c8-3-4-1-2-9-6(10)5(4)7(11)12/h1-2,11-12H,(H,9,10). The Balaban J connectivity index is 3.43. The molecule has 0 bridgehead atoms. The average Bonchev–Trinajstić information content (AvgIpc) is 2.03. The maximum atomic E-state index is 10.9. The lowest BCUT2D eigenvalue weighted by molar-refractivity contribution is 0.425. The molecule has 0 aliphatic heterocycles. The van der Waals surface area contributed by atoms with E-state index in [-0.39, 0.29) is 11.0 Å². The molecule has 0 saturated carbocycles. The number of nitrogens with one attached hydrogen (secondary N) is 1. The smallest absolute Gasteiger partial charge is 0.423 e. The lowest BCUT2D eigenvalue weighted by Crippen LogP contribution is -2.44. The minimum atomic E-state index is -1.91. The van der Waals surface area contributed by atoms with Crippen molar-refractivity contribution < 1.29 is 10.0 Å². The van der Waals surface area contributed by atoms with Crippen LogP contribution >= 0.6 is 0 Å². The Labute approximate surface area is 68.1 Å². The van der Waals surface area contributed by atoms with Gasteiger partial charge in [0.2, 0.25) is 5.56 Å². The SMILES string of the molecule is N#Cc1cc[nH]c(=O)c1B(O)O. The van der Waals surface area contributed by atoms with Gasteiger partial charge in [-0.2, -0.15) is 5.26 Å². The molecule has 0 aliphatic carbocycles. The van der Waals surface area contributed by atoms with E-state index in [1.165, 1.54) is 12.3 Å². The van der Waals surface area contributed by atoms with Crippen molar-refractivity contribution in [3.63, 3.8) is 0 Å². The van der Waals surface area contributed by atoms with Crippen LogP contribution in [0.2, 0.25) is 0 Å². The van der Waals surface area contributed by atoms with E-state index in [9.17, 15) is 4.79 Å². The first kappa shape index (κ1) is 8.52. The fourth-order valence-corrected chi connectivity index (χ4v) is 0.844. The molecule has 0 atom stereocenters. The third-order valence-corrected chi connectivity index (χ3v) is 1.38. The fraction of sp³-hybridized carbons (Fsp3) is 0. The maximum absolute atomic E-state index is 10.9. The summed E-state index contributed by atoms with van der Waals surface area (Å²) < 4.78 is 0. The molecule has 0 spiro atoms. The summed E-state index contributed by atoms with van der Waals surface area (Å²) in [6, 6.07) is 2.98. The van der Waals surface area contributed by atoms with Gasteiger partial charge in [0, 0.05) is 6.20 Å². The van der Waals surface area contributed by atoms with E-state index in [1.807, 2.05) is 0 Å². The van der Waals surface area contributed by atoms with E-state index in [1.54, 1.807) is 6.07 Å². The van der Waals surface area contributed by atoms with Gasteiger partial charge >= 0.3 is 7.12 Å². The normalized spacial score (nSPS) is 9.08. The van der Waals surface area contributed by atoms with Crippen LogP contribution in [0.1, 0.15) is 5.56 Å². The van der Waals surface area contributed by atoms with Gasteiger partial charge in [-0.3, -0.25) is 4.79 Å². The molecule has 0 amide bonds. The summed E-state index contributed by atoms with van der Waals surface area (Å²) in [7, 11) is -1.91. The van der Waals surface area contributed by atoms with Crippen molar-refractivity contribution in [2.75, 3.05) is 0 Å². The van der Waals surface area contributed by atoms with Gasteiger partial charge in [0.25, 0.3) is 0 Å². The average molecular weight is 164 g/mol. The minimum absolute atomic E-state index is 0.0336. The lowest BCUT2D eigenvalue weighted by Gasteiger charge is -1.98. The summed E-state index contributed by atoms with van der Waals surface area (Å²) in [4.78, 5) is 13.1. The second-order valence-corrected chi connectivity index (χ2v) is 2.12. The van der Waals surface area contributed by atoms with E-state index in [4.69, 9.17) is 15.3 Å². The molecule has 0 unspecified atom stereocenters. The highest BCUT2D eigenvalue weighted by Crippen LogP contribution is 1.87. The first-order valence-electron chi connectivity index (χ1n) is 3.14. The minimum Gasteiger partial charge on any atom is -0.423 e. The highest BCUT2D eigenvalue weighted by molar-refractivity contribution is 6.59. The Morgan fingerprint density at radius 3 is 2.67 bits per heavy atom. The van der Waals surface area contributed by atoms with Crippen molar-refractivity contribution in [2.24, 2.45) is 0 Å². The van der Waals surface area contributed by atoms with Crippen LogP contribution in [-0.4, -0.2) is 22.2 Å². The van der Waals surface area contributed by atoms with Gasteiger partial charge in [-0.25, -0.2) is 0 Å². The maximum Gasteiger partial charge on any atom is 0.495 e. The van der Waals surface area contributed by atoms with Crippen molar-refractivity contribution in [2.45, 2.75) is 0 Å². The first-order valence-corrected chi connectivity index (χ1v) is 3.14. The molecular formula is C6H5BN2O3. The van der Waals surface area contributed by atoms with Gasteiger partial charge in [0.1, 0.15) is 0 Å². The van der Waals surface area contributed by atoms with Crippen LogP contribution in [0.4, 0.5) is 0 Å². The Hall–Kier alpha value is -1.58. The van der Waals surface area contributed by atoms with Crippen LogP contribution in [0.3, 0.4) is 0 Å². The fourth-order valence-electron chi connectivity index (χ4n) is 0.844. The molecule has 0 aliphatic rings. The van der Waals surface area contributed by atoms with Crippen LogP contribution in [0.25, 0.3) is 0 Å². The highest BCUT2D eigenvalue weighted by atomic mass is 16.4. The molecule has 0 saturated heterocycles. The number of rotatable bonds is 1. The summed E-state index contributed by atoms with van der Waals surface area (Å²) in [6.07, 6.45) is 1.27. The number of pyridine rings is 1. The second-order valence-electron chi connectivity index (χ2n) is 2.12. The number of nitrogens with zero attached hydrogens (tertiary/aromatic N) is 1. The quantitative estimate of drug-likeness (QED) is 0.415. The largest absolute Gasteiger partial charge is 0.495 e. The van der Waals surface area contributed by atoms with Crippen LogP contribution in [0, 0.1) is 11.3 Å². The van der Waals surface area contributed by atoms with Gasteiger partial charge in [0.15, 0.2) is 0 Å². The Kier molecular flexibility index (Phi) is 2.28. The highest BCUT2D eigenvalue weighted by Gasteiger charge is 2.19. The molecular weight excluding hydrogens is 159 g/mol. The number of aromatic amines is 1. The number of aromatic nitrogens is 1. The summed E-state index contributed by atoms with van der Waals surface area (Å²) in [6.45, 7) is 0. The Morgan fingerprint density at radius 2 is 2.25 bits per heavy atom. The topological polar surface area (TPSA) is 97.1 Å². The molecule has 3 N–H and O–H groups in total. The van der Waals surface area contributed by atoms with Crippen LogP contribution in [0.5, 0.6) is 0 Å². The van der Waals surface area contributed by atoms with Crippen molar-refractivity contribution in [1.29, 1.82) is 5.26 Å². The first-order chi connectivity index (χ1) is 5.66. The van der Waals surface area contributed by atoms with Crippen LogP contribution in [-0.2, 0) is 0 Å². The predicted molar refractivity (Wildman–Crippen MR) is 41.6 cm³/mol. The van der Waals surface area contributed by atoms with Gasteiger partial charge < -0.3 is 15.0 Å². The number of nitriles is 1. The third-order valence-electron chi connectivity index (χ3n) is 1.38. The number of H-pyrrole nitrogens is 1. The van der Waals surface area contributed by atoms with E-state index in [0.29, 0.717) is 0 Å². The van der Waals surface area contributed by atoms with E-state index in [0.717, 1.165) is 0 Å². The number of hydrogen-bond donors (Lipinski definition) is 3. The molecule has 1 heterocycles. The number of hydrogen-bond acceptors (Lipinski definition) is 4. The zero-order chi connectivity index (χ0) is 9.14. The van der Waals surface area contributed by atoms with E-state index < -0.39 is 12.7 Å². The Morgan fingerprint density at radius 1 is 1.58 bits per heavy atom. The van der Waals surface area contributed by atoms with Gasteiger partial charge in [-0.05, 0) is 6.07 Å². The molecule has 0 aromatic carbocycles. The lowest BCUT2D eigenvalue weighted by atomic mass is 9.78. The molecule has 1 aromatic heterocycles. The molecule has 0 radical (unpaired) electrons. The predicted octanol–water partition coefficient (Wildman–Crippen LogP) is -2.07. The molecule has 5 nitrogen and oxygen atoms in total. The molecule has 1 rings (SSSR count). The summed E-state index contributed by atoms with van der Waals surface area (Å²) >= 11 is 0. The van der Waals surface area contributed by atoms with E-state index in [2.05, 4.69) is 4.98 Å². The second kappa shape index (κ2) is 3.22. The van der Waals surface area contributed by atoms with Gasteiger partial charge in [0.05, 0.1) is 17.1 Å². The van der Waals surface area contributed by atoms with E-state index >= 15 is 0 Å². The van der Waals surface area contributed by atoms with Crippen molar-refractivity contribution in [1.82, 2.24) is 4.98 Å². The van der Waals surface area contributed by atoms with Crippen LogP contribution in [0.15, 0.2) is 17.1 Å². The van der Waals surface area contributed by atoms with Gasteiger partial charge in [-0.1, -0.05) is 0 Å².